The predicted octanol–water partition coefficient (Wildman–Crippen LogP) is 2.25. The van der Waals surface area contributed by atoms with Gasteiger partial charge < -0.3 is 4.90 Å². The maximum absolute atomic E-state index is 11.4. The summed E-state index contributed by atoms with van der Waals surface area (Å²) in [4.78, 5) is 13.0. The van der Waals surface area contributed by atoms with E-state index in [1.165, 1.54) is 0 Å². The first-order chi connectivity index (χ1) is 6.20. The number of rotatable bonds is 0. The number of anilines is 1. The summed E-state index contributed by atoms with van der Waals surface area (Å²) in [6, 6.07) is 5.67. The fourth-order valence-electron chi connectivity index (χ4n) is 1.64. The maximum atomic E-state index is 11.4. The molecule has 2 nitrogen and oxygen atoms in total. The molecule has 68 valence electrons. The average molecular weight is 196 g/mol. The lowest BCUT2D eigenvalue weighted by Gasteiger charge is -2.26. The summed E-state index contributed by atoms with van der Waals surface area (Å²) in [5.41, 5.74) is 2.04. The molecular formula is C10H10ClNO. The number of hydrogen-bond donors (Lipinski definition) is 0. The lowest BCUT2D eigenvalue weighted by atomic mass is 10.0. The van der Waals surface area contributed by atoms with Gasteiger partial charge in [-0.2, -0.15) is 0 Å². The van der Waals surface area contributed by atoms with Crippen molar-refractivity contribution >= 4 is 23.2 Å². The van der Waals surface area contributed by atoms with Gasteiger partial charge in [0.05, 0.1) is 0 Å². The summed E-state index contributed by atoms with van der Waals surface area (Å²) in [5.74, 6) is 0.162. The smallest absolute Gasteiger partial charge is 0.227 e. The first kappa shape index (κ1) is 8.57. The Kier molecular flexibility index (Phi) is 2.00. The van der Waals surface area contributed by atoms with Gasteiger partial charge in [-0.25, -0.2) is 0 Å². The molecule has 13 heavy (non-hydrogen) atoms. The van der Waals surface area contributed by atoms with Crippen LogP contribution in [-0.2, 0) is 11.2 Å². The first-order valence-electron chi connectivity index (χ1n) is 4.24. The summed E-state index contributed by atoms with van der Waals surface area (Å²) in [6.07, 6.45) is 1.32. The normalized spacial score (nSPS) is 15.8. The van der Waals surface area contributed by atoms with E-state index >= 15 is 0 Å². The summed E-state index contributed by atoms with van der Waals surface area (Å²) >= 11 is 6.02. The average Bonchev–Trinajstić information content (AvgIpc) is 2.12. The fourth-order valence-corrected chi connectivity index (χ4v) is 1.91. The minimum atomic E-state index is 0.162. The van der Waals surface area contributed by atoms with Crippen LogP contribution in [0.2, 0.25) is 5.02 Å². The van der Waals surface area contributed by atoms with Gasteiger partial charge in [-0.05, 0) is 24.1 Å². The highest BCUT2D eigenvalue weighted by atomic mass is 35.5. The minimum absolute atomic E-state index is 0.162. The summed E-state index contributed by atoms with van der Waals surface area (Å²) in [7, 11) is 1.79. The van der Waals surface area contributed by atoms with Crippen molar-refractivity contribution in [2.45, 2.75) is 12.8 Å². The monoisotopic (exact) mass is 195 g/mol. The fraction of sp³-hybridized carbons (Fsp3) is 0.300. The number of hydrogen-bond acceptors (Lipinski definition) is 1. The van der Waals surface area contributed by atoms with Crippen LogP contribution < -0.4 is 4.90 Å². The van der Waals surface area contributed by atoms with E-state index in [2.05, 4.69) is 0 Å². The van der Waals surface area contributed by atoms with Gasteiger partial charge in [0.15, 0.2) is 0 Å². The number of benzene rings is 1. The minimum Gasteiger partial charge on any atom is -0.315 e. The molecule has 0 atom stereocenters. The van der Waals surface area contributed by atoms with Crippen LogP contribution in [0.1, 0.15) is 12.0 Å². The summed E-state index contributed by atoms with van der Waals surface area (Å²) < 4.78 is 0. The lowest BCUT2D eigenvalue weighted by Crippen LogP contribution is -2.31. The van der Waals surface area contributed by atoms with E-state index in [-0.39, 0.29) is 5.91 Å². The van der Waals surface area contributed by atoms with Crippen LogP contribution in [0, 0.1) is 0 Å². The topological polar surface area (TPSA) is 20.3 Å². The van der Waals surface area contributed by atoms with Gasteiger partial charge in [0.2, 0.25) is 5.91 Å². The van der Waals surface area contributed by atoms with Crippen LogP contribution in [0.5, 0.6) is 0 Å². The molecule has 1 aromatic carbocycles. The Morgan fingerprint density at radius 1 is 1.38 bits per heavy atom. The third kappa shape index (κ3) is 1.31. The van der Waals surface area contributed by atoms with E-state index in [9.17, 15) is 4.79 Å². The summed E-state index contributed by atoms with van der Waals surface area (Å²) in [5, 5.41) is 0.761. The lowest BCUT2D eigenvalue weighted by molar-refractivity contribution is -0.118. The van der Waals surface area contributed by atoms with Crippen LogP contribution in [-0.4, -0.2) is 13.0 Å². The van der Waals surface area contributed by atoms with Crippen molar-refractivity contribution in [1.29, 1.82) is 0 Å². The number of amides is 1. The molecule has 0 fully saturated rings. The van der Waals surface area contributed by atoms with Gasteiger partial charge in [0, 0.05) is 24.2 Å². The van der Waals surface area contributed by atoms with E-state index in [4.69, 9.17) is 11.6 Å². The van der Waals surface area contributed by atoms with Gasteiger partial charge in [0.25, 0.3) is 0 Å². The standard InChI is InChI=1S/C10H10ClNO/c1-12-9-4-2-3-8(11)7(9)5-6-10(12)13/h2-4H,5-6H2,1H3. The number of nitrogens with zero attached hydrogens (tertiary/aromatic N) is 1. The molecule has 0 bridgehead atoms. The van der Waals surface area contributed by atoms with Crippen LogP contribution in [0.3, 0.4) is 0 Å². The third-order valence-corrected chi connectivity index (χ3v) is 2.77. The molecule has 3 heteroatoms. The van der Waals surface area contributed by atoms with Crippen molar-refractivity contribution in [3.63, 3.8) is 0 Å². The van der Waals surface area contributed by atoms with Crippen molar-refractivity contribution in [3.05, 3.63) is 28.8 Å². The Morgan fingerprint density at radius 2 is 2.15 bits per heavy atom. The molecule has 0 aromatic heterocycles. The molecule has 0 N–H and O–H groups in total. The SMILES string of the molecule is CN1C(=O)CCc2c(Cl)cccc21. The highest BCUT2D eigenvalue weighted by Crippen LogP contribution is 2.31. The molecule has 0 aliphatic carbocycles. The van der Waals surface area contributed by atoms with Crippen molar-refractivity contribution in [1.82, 2.24) is 0 Å². The van der Waals surface area contributed by atoms with Crippen molar-refractivity contribution in [2.24, 2.45) is 0 Å². The molecule has 1 aliphatic heterocycles. The van der Waals surface area contributed by atoms with Crippen molar-refractivity contribution in [2.75, 3.05) is 11.9 Å². The largest absolute Gasteiger partial charge is 0.315 e. The highest BCUT2D eigenvalue weighted by molar-refractivity contribution is 6.32. The highest BCUT2D eigenvalue weighted by Gasteiger charge is 2.21. The van der Waals surface area contributed by atoms with Crippen molar-refractivity contribution < 1.29 is 4.79 Å². The zero-order valence-electron chi connectivity index (χ0n) is 7.38. The van der Waals surface area contributed by atoms with Gasteiger partial charge in [0.1, 0.15) is 0 Å². The van der Waals surface area contributed by atoms with Crippen LogP contribution in [0.15, 0.2) is 18.2 Å². The van der Waals surface area contributed by atoms with Crippen LogP contribution in [0.4, 0.5) is 5.69 Å². The van der Waals surface area contributed by atoms with Gasteiger partial charge in [-0.1, -0.05) is 17.7 Å². The number of carbonyl (C=O) groups excluding carboxylic acids is 1. The summed E-state index contributed by atoms with van der Waals surface area (Å²) in [6.45, 7) is 0. The molecule has 1 heterocycles. The Labute approximate surface area is 82.1 Å². The molecule has 0 unspecified atom stereocenters. The van der Waals surface area contributed by atoms with Crippen LogP contribution >= 0.6 is 11.6 Å². The molecule has 2 rings (SSSR count). The quantitative estimate of drug-likeness (QED) is 0.622. The molecular weight excluding hydrogens is 186 g/mol. The van der Waals surface area contributed by atoms with E-state index in [0.29, 0.717) is 6.42 Å². The number of fused-ring (bicyclic) bond motifs is 1. The molecule has 0 saturated carbocycles. The second-order valence-corrected chi connectivity index (χ2v) is 3.60. The van der Waals surface area contributed by atoms with Crippen LogP contribution in [0.25, 0.3) is 0 Å². The molecule has 0 spiro atoms. The van der Waals surface area contributed by atoms with E-state index in [1.807, 2.05) is 18.2 Å². The van der Waals surface area contributed by atoms with Gasteiger partial charge in [-0.3, -0.25) is 4.79 Å². The third-order valence-electron chi connectivity index (χ3n) is 2.42. The maximum Gasteiger partial charge on any atom is 0.227 e. The zero-order chi connectivity index (χ0) is 9.42. The van der Waals surface area contributed by atoms with E-state index in [0.717, 1.165) is 22.7 Å². The molecule has 0 saturated heterocycles. The zero-order valence-corrected chi connectivity index (χ0v) is 8.14. The molecule has 0 radical (unpaired) electrons. The van der Waals surface area contributed by atoms with Gasteiger partial charge >= 0.3 is 0 Å². The Bertz CT molecular complexity index is 362. The van der Waals surface area contributed by atoms with Gasteiger partial charge in [-0.15, -0.1) is 0 Å². The second kappa shape index (κ2) is 3.04. The molecule has 1 aliphatic rings. The second-order valence-electron chi connectivity index (χ2n) is 3.19. The number of halogens is 1. The predicted molar refractivity (Wildman–Crippen MR) is 53.2 cm³/mol. The molecule has 1 aromatic rings. The van der Waals surface area contributed by atoms with E-state index in [1.54, 1.807) is 11.9 Å². The Hall–Kier alpha value is -1.02. The number of carbonyl (C=O) groups is 1. The first-order valence-corrected chi connectivity index (χ1v) is 4.62. The van der Waals surface area contributed by atoms with Crippen molar-refractivity contribution in [3.8, 4) is 0 Å². The van der Waals surface area contributed by atoms with E-state index < -0.39 is 0 Å². The Morgan fingerprint density at radius 3 is 2.92 bits per heavy atom. The molecule has 1 amide bonds. The Balaban J connectivity index is 2.55.